The lowest BCUT2D eigenvalue weighted by atomic mass is 10.4. The van der Waals surface area contributed by atoms with Gasteiger partial charge in [-0.2, -0.15) is 9.40 Å². The SMILES string of the molecule is CCn1nc(C)c(S(=O)(=O)N2CCOCC2)c1C. The Kier molecular flexibility index (Phi) is 3.74. The van der Waals surface area contributed by atoms with Crippen molar-refractivity contribution in [3.63, 3.8) is 0 Å². The van der Waals surface area contributed by atoms with E-state index in [0.29, 0.717) is 49.1 Å². The molecule has 1 aromatic heterocycles. The van der Waals surface area contributed by atoms with Gasteiger partial charge < -0.3 is 4.74 Å². The first kappa shape index (κ1) is 13.5. The van der Waals surface area contributed by atoms with E-state index in [1.54, 1.807) is 18.5 Å². The molecule has 102 valence electrons. The van der Waals surface area contributed by atoms with E-state index in [1.807, 2.05) is 6.92 Å². The fraction of sp³-hybridized carbons (Fsp3) is 0.727. The molecule has 2 heterocycles. The largest absolute Gasteiger partial charge is 0.379 e. The number of hydrogen-bond acceptors (Lipinski definition) is 4. The summed E-state index contributed by atoms with van der Waals surface area (Å²) in [6.45, 7) is 7.91. The molecule has 0 atom stereocenters. The van der Waals surface area contributed by atoms with Crippen molar-refractivity contribution < 1.29 is 13.2 Å². The minimum atomic E-state index is -3.44. The number of nitrogens with zero attached hydrogens (tertiary/aromatic N) is 3. The van der Waals surface area contributed by atoms with Crippen LogP contribution in [0.15, 0.2) is 4.90 Å². The monoisotopic (exact) mass is 273 g/mol. The predicted molar refractivity (Wildman–Crippen MR) is 67.0 cm³/mol. The van der Waals surface area contributed by atoms with Crippen LogP contribution in [-0.2, 0) is 21.3 Å². The van der Waals surface area contributed by atoms with Crippen molar-refractivity contribution in [1.82, 2.24) is 14.1 Å². The summed E-state index contributed by atoms with van der Waals surface area (Å²) in [7, 11) is -3.44. The minimum absolute atomic E-state index is 0.353. The normalized spacial score (nSPS) is 18.2. The van der Waals surface area contributed by atoms with Crippen LogP contribution < -0.4 is 0 Å². The molecular formula is C11H19N3O3S. The third kappa shape index (κ3) is 2.17. The number of sulfonamides is 1. The van der Waals surface area contributed by atoms with E-state index in [0.717, 1.165) is 0 Å². The van der Waals surface area contributed by atoms with Crippen LogP contribution >= 0.6 is 0 Å². The summed E-state index contributed by atoms with van der Waals surface area (Å²) >= 11 is 0. The van der Waals surface area contributed by atoms with E-state index in [-0.39, 0.29) is 0 Å². The third-order valence-corrected chi connectivity index (χ3v) is 5.33. The van der Waals surface area contributed by atoms with Crippen molar-refractivity contribution in [3.8, 4) is 0 Å². The maximum atomic E-state index is 12.6. The average molecular weight is 273 g/mol. The molecule has 6 nitrogen and oxygen atoms in total. The standard InChI is InChI=1S/C11H19N3O3S/c1-4-14-10(3)11(9(2)12-14)18(15,16)13-5-7-17-8-6-13/h4-8H2,1-3H3. The van der Waals surface area contributed by atoms with Crippen molar-refractivity contribution in [1.29, 1.82) is 0 Å². The Morgan fingerprint density at radius 3 is 2.39 bits per heavy atom. The van der Waals surface area contributed by atoms with Crippen LogP contribution in [0.25, 0.3) is 0 Å². The van der Waals surface area contributed by atoms with Gasteiger partial charge in [0.25, 0.3) is 0 Å². The first-order valence-corrected chi connectivity index (χ1v) is 7.54. The molecule has 1 aliphatic rings. The van der Waals surface area contributed by atoms with Crippen molar-refractivity contribution in [3.05, 3.63) is 11.4 Å². The Morgan fingerprint density at radius 1 is 1.28 bits per heavy atom. The van der Waals surface area contributed by atoms with Crippen LogP contribution in [0.5, 0.6) is 0 Å². The Morgan fingerprint density at radius 2 is 1.89 bits per heavy atom. The lowest BCUT2D eigenvalue weighted by Gasteiger charge is -2.26. The number of aromatic nitrogens is 2. The lowest BCUT2D eigenvalue weighted by Crippen LogP contribution is -2.41. The fourth-order valence-electron chi connectivity index (χ4n) is 2.28. The van der Waals surface area contributed by atoms with Gasteiger partial charge in [0.05, 0.1) is 24.6 Å². The average Bonchev–Trinajstić information content (AvgIpc) is 2.65. The summed E-state index contributed by atoms with van der Waals surface area (Å²) < 4.78 is 33.5. The zero-order valence-corrected chi connectivity index (χ0v) is 11.8. The molecule has 1 saturated heterocycles. The van der Waals surface area contributed by atoms with Gasteiger partial charge in [-0.05, 0) is 20.8 Å². The van der Waals surface area contributed by atoms with E-state index in [4.69, 9.17) is 4.74 Å². The number of hydrogen-bond donors (Lipinski definition) is 0. The van der Waals surface area contributed by atoms with Gasteiger partial charge in [-0.15, -0.1) is 0 Å². The zero-order chi connectivity index (χ0) is 13.3. The highest BCUT2D eigenvalue weighted by molar-refractivity contribution is 7.89. The second-order valence-electron chi connectivity index (χ2n) is 4.33. The molecule has 0 amide bonds. The zero-order valence-electron chi connectivity index (χ0n) is 11.0. The third-order valence-electron chi connectivity index (χ3n) is 3.18. The summed E-state index contributed by atoms with van der Waals surface area (Å²) in [6.07, 6.45) is 0. The van der Waals surface area contributed by atoms with Gasteiger partial charge in [-0.1, -0.05) is 0 Å². The second-order valence-corrected chi connectivity index (χ2v) is 6.21. The van der Waals surface area contributed by atoms with Gasteiger partial charge >= 0.3 is 0 Å². The molecule has 0 spiro atoms. The molecule has 0 bridgehead atoms. The summed E-state index contributed by atoms with van der Waals surface area (Å²) in [5.74, 6) is 0. The maximum Gasteiger partial charge on any atom is 0.246 e. The molecule has 1 fully saturated rings. The molecule has 0 radical (unpaired) electrons. The molecule has 1 aliphatic heterocycles. The minimum Gasteiger partial charge on any atom is -0.379 e. The number of rotatable bonds is 3. The highest BCUT2D eigenvalue weighted by Crippen LogP contribution is 2.24. The van der Waals surface area contributed by atoms with E-state index < -0.39 is 10.0 Å². The Labute approximate surface area is 108 Å². The molecule has 0 saturated carbocycles. The molecule has 0 N–H and O–H groups in total. The van der Waals surface area contributed by atoms with Crippen LogP contribution in [0.2, 0.25) is 0 Å². The fourth-order valence-corrected chi connectivity index (χ4v) is 4.06. The van der Waals surface area contributed by atoms with Crippen molar-refractivity contribution in [2.45, 2.75) is 32.2 Å². The van der Waals surface area contributed by atoms with E-state index in [1.165, 1.54) is 4.31 Å². The van der Waals surface area contributed by atoms with Crippen LogP contribution in [0, 0.1) is 13.8 Å². The highest BCUT2D eigenvalue weighted by Gasteiger charge is 2.31. The molecular weight excluding hydrogens is 254 g/mol. The molecule has 0 aliphatic carbocycles. The second kappa shape index (κ2) is 4.99. The van der Waals surface area contributed by atoms with Gasteiger partial charge in [0.2, 0.25) is 10.0 Å². The van der Waals surface area contributed by atoms with E-state index in [2.05, 4.69) is 5.10 Å². The smallest absolute Gasteiger partial charge is 0.246 e. The van der Waals surface area contributed by atoms with Crippen LogP contribution in [0.3, 0.4) is 0 Å². The first-order valence-electron chi connectivity index (χ1n) is 6.10. The number of morpholine rings is 1. The van der Waals surface area contributed by atoms with Gasteiger partial charge in [-0.25, -0.2) is 8.42 Å². The Hall–Kier alpha value is -0.920. The Bertz CT molecular complexity index is 530. The predicted octanol–water partition coefficient (Wildman–Crippen LogP) is 0.541. The van der Waals surface area contributed by atoms with Crippen molar-refractivity contribution >= 4 is 10.0 Å². The summed E-state index contributed by atoms with van der Waals surface area (Å²) in [6, 6.07) is 0. The van der Waals surface area contributed by atoms with Crippen molar-refractivity contribution in [2.75, 3.05) is 26.3 Å². The van der Waals surface area contributed by atoms with Gasteiger partial charge in [0.1, 0.15) is 4.90 Å². The first-order chi connectivity index (χ1) is 8.48. The molecule has 0 aromatic carbocycles. The number of aryl methyl sites for hydroxylation is 2. The van der Waals surface area contributed by atoms with Gasteiger partial charge in [0.15, 0.2) is 0 Å². The number of ether oxygens (including phenoxy) is 1. The van der Waals surface area contributed by atoms with Crippen LogP contribution in [-0.4, -0.2) is 48.8 Å². The summed E-state index contributed by atoms with van der Waals surface area (Å²) in [4.78, 5) is 0.353. The molecule has 18 heavy (non-hydrogen) atoms. The highest BCUT2D eigenvalue weighted by atomic mass is 32.2. The summed E-state index contributed by atoms with van der Waals surface area (Å²) in [5, 5.41) is 4.27. The van der Waals surface area contributed by atoms with E-state index in [9.17, 15) is 8.42 Å². The molecule has 7 heteroatoms. The lowest BCUT2D eigenvalue weighted by molar-refractivity contribution is 0.0730. The molecule has 1 aromatic rings. The van der Waals surface area contributed by atoms with E-state index >= 15 is 0 Å². The quantitative estimate of drug-likeness (QED) is 0.806. The Balaban J connectivity index is 2.43. The van der Waals surface area contributed by atoms with Crippen LogP contribution in [0.4, 0.5) is 0 Å². The maximum absolute atomic E-state index is 12.6. The topological polar surface area (TPSA) is 64.4 Å². The molecule has 0 unspecified atom stereocenters. The molecule has 2 rings (SSSR count). The van der Waals surface area contributed by atoms with Crippen molar-refractivity contribution in [2.24, 2.45) is 0 Å². The summed E-state index contributed by atoms with van der Waals surface area (Å²) in [5.41, 5.74) is 1.28. The van der Waals surface area contributed by atoms with Gasteiger partial charge in [-0.3, -0.25) is 4.68 Å². The van der Waals surface area contributed by atoms with Gasteiger partial charge in [0, 0.05) is 19.6 Å². The van der Waals surface area contributed by atoms with Crippen LogP contribution in [0.1, 0.15) is 18.3 Å².